The molecule has 0 amide bonds. The van der Waals surface area contributed by atoms with Crippen LogP contribution in [-0.4, -0.2) is 9.97 Å². The summed E-state index contributed by atoms with van der Waals surface area (Å²) >= 11 is 14.2. The highest BCUT2D eigenvalue weighted by molar-refractivity contribution is 7.17. The maximum atomic E-state index is 6.31. The Kier molecular flexibility index (Phi) is 4.81. The number of aryl methyl sites for hydroxylation is 1. The predicted octanol–water partition coefficient (Wildman–Crippen LogP) is 6.97. The summed E-state index contributed by atoms with van der Waals surface area (Å²) in [6.45, 7) is 2.15. The van der Waals surface area contributed by atoms with Crippen LogP contribution in [0.3, 0.4) is 0 Å². The number of halogens is 2. The SMILES string of the molecule is CCc1ccc(-c2csc3ncnc(Nc4c(Cl)cccc4Cl)c23)cc1. The predicted molar refractivity (Wildman–Crippen MR) is 112 cm³/mol. The van der Waals surface area contributed by atoms with E-state index in [1.165, 1.54) is 5.56 Å². The van der Waals surface area contributed by atoms with Gasteiger partial charge < -0.3 is 5.32 Å². The van der Waals surface area contributed by atoms with E-state index in [0.29, 0.717) is 21.6 Å². The number of hydrogen-bond acceptors (Lipinski definition) is 4. The highest BCUT2D eigenvalue weighted by Gasteiger charge is 2.15. The first-order valence-electron chi connectivity index (χ1n) is 8.20. The minimum atomic E-state index is 0.549. The number of fused-ring (bicyclic) bond motifs is 1. The monoisotopic (exact) mass is 399 g/mol. The third-order valence-corrected chi connectivity index (χ3v) is 5.77. The fraction of sp³-hybridized carbons (Fsp3) is 0.100. The minimum Gasteiger partial charge on any atom is -0.337 e. The maximum absolute atomic E-state index is 6.31. The average molecular weight is 400 g/mol. The van der Waals surface area contributed by atoms with E-state index in [0.717, 1.165) is 27.8 Å². The Labute approximate surface area is 165 Å². The normalized spacial score (nSPS) is 11.0. The first-order valence-corrected chi connectivity index (χ1v) is 9.83. The highest BCUT2D eigenvalue weighted by atomic mass is 35.5. The average Bonchev–Trinajstić information content (AvgIpc) is 3.10. The van der Waals surface area contributed by atoms with Crippen LogP contribution in [0.25, 0.3) is 21.3 Å². The smallest absolute Gasteiger partial charge is 0.143 e. The molecule has 1 N–H and O–H groups in total. The van der Waals surface area contributed by atoms with Crippen LogP contribution in [0.1, 0.15) is 12.5 Å². The molecule has 6 heteroatoms. The summed E-state index contributed by atoms with van der Waals surface area (Å²) in [7, 11) is 0. The van der Waals surface area contributed by atoms with E-state index < -0.39 is 0 Å². The van der Waals surface area contributed by atoms with Crippen LogP contribution in [0.2, 0.25) is 10.0 Å². The molecular formula is C20H15Cl2N3S. The van der Waals surface area contributed by atoms with E-state index >= 15 is 0 Å². The Hall–Kier alpha value is -2.14. The van der Waals surface area contributed by atoms with E-state index in [2.05, 4.69) is 51.9 Å². The molecule has 0 atom stereocenters. The number of nitrogens with one attached hydrogen (secondary N) is 1. The van der Waals surface area contributed by atoms with Gasteiger partial charge in [0.2, 0.25) is 0 Å². The van der Waals surface area contributed by atoms with Crippen LogP contribution in [0.5, 0.6) is 0 Å². The lowest BCUT2D eigenvalue weighted by Crippen LogP contribution is -1.97. The van der Waals surface area contributed by atoms with Crippen molar-refractivity contribution >= 4 is 56.3 Å². The van der Waals surface area contributed by atoms with Gasteiger partial charge in [0.1, 0.15) is 17.0 Å². The van der Waals surface area contributed by atoms with Gasteiger partial charge in [0.25, 0.3) is 0 Å². The molecule has 0 aliphatic carbocycles. The number of nitrogens with zero attached hydrogens (tertiary/aromatic N) is 2. The summed E-state index contributed by atoms with van der Waals surface area (Å²) < 4.78 is 0. The molecule has 0 bridgehead atoms. The van der Waals surface area contributed by atoms with Gasteiger partial charge in [-0.3, -0.25) is 0 Å². The van der Waals surface area contributed by atoms with Gasteiger partial charge in [-0.2, -0.15) is 0 Å². The topological polar surface area (TPSA) is 37.8 Å². The van der Waals surface area contributed by atoms with Crippen molar-refractivity contribution in [2.24, 2.45) is 0 Å². The summed E-state index contributed by atoms with van der Waals surface area (Å²) in [6, 6.07) is 14.0. The number of para-hydroxylation sites is 1. The lowest BCUT2D eigenvalue weighted by Gasteiger charge is -2.11. The Bertz CT molecular complexity index is 1050. The first kappa shape index (κ1) is 17.3. The van der Waals surface area contributed by atoms with Crippen molar-refractivity contribution in [3.63, 3.8) is 0 Å². The molecule has 3 nitrogen and oxygen atoms in total. The molecule has 4 rings (SSSR count). The quantitative estimate of drug-likeness (QED) is 0.402. The lowest BCUT2D eigenvalue weighted by atomic mass is 10.0. The second kappa shape index (κ2) is 7.23. The van der Waals surface area contributed by atoms with E-state index in [1.807, 2.05) is 6.07 Å². The Morgan fingerprint density at radius 1 is 1.00 bits per heavy atom. The van der Waals surface area contributed by atoms with E-state index in [9.17, 15) is 0 Å². The van der Waals surface area contributed by atoms with Crippen LogP contribution in [0.4, 0.5) is 11.5 Å². The molecule has 0 aliphatic rings. The van der Waals surface area contributed by atoms with Gasteiger partial charge >= 0.3 is 0 Å². The molecule has 0 aliphatic heterocycles. The third-order valence-electron chi connectivity index (χ3n) is 4.25. The van der Waals surface area contributed by atoms with Gasteiger partial charge in [0.15, 0.2) is 0 Å². The van der Waals surface area contributed by atoms with Crippen LogP contribution in [-0.2, 0) is 6.42 Å². The number of anilines is 2. The molecule has 2 aromatic carbocycles. The number of benzene rings is 2. The van der Waals surface area contributed by atoms with E-state index in [1.54, 1.807) is 29.8 Å². The molecule has 0 spiro atoms. The molecule has 0 saturated carbocycles. The maximum Gasteiger partial charge on any atom is 0.143 e. The van der Waals surface area contributed by atoms with Crippen molar-refractivity contribution in [2.45, 2.75) is 13.3 Å². The molecule has 130 valence electrons. The van der Waals surface area contributed by atoms with Crippen molar-refractivity contribution in [3.8, 4) is 11.1 Å². The summed E-state index contributed by atoms with van der Waals surface area (Å²) in [4.78, 5) is 9.77. The molecule has 0 radical (unpaired) electrons. The van der Waals surface area contributed by atoms with Crippen molar-refractivity contribution in [1.29, 1.82) is 0 Å². The molecule has 0 unspecified atom stereocenters. The molecule has 2 aromatic heterocycles. The first-order chi connectivity index (χ1) is 12.7. The Morgan fingerprint density at radius 2 is 1.73 bits per heavy atom. The zero-order valence-corrected chi connectivity index (χ0v) is 16.3. The zero-order valence-electron chi connectivity index (χ0n) is 14.0. The number of rotatable bonds is 4. The Morgan fingerprint density at radius 3 is 2.42 bits per heavy atom. The second-order valence-corrected chi connectivity index (χ2v) is 7.50. The molecule has 4 aromatic rings. The van der Waals surface area contributed by atoms with Crippen LogP contribution in [0.15, 0.2) is 54.2 Å². The standard InChI is InChI=1S/C20H15Cl2N3S/c1-2-12-6-8-13(9-7-12)14-10-26-20-17(14)19(23-11-24-20)25-18-15(21)4-3-5-16(18)22/h3-11H,2H2,1H3,(H,23,24,25). The fourth-order valence-corrected chi connectivity index (χ4v) is 4.25. The summed E-state index contributed by atoms with van der Waals surface area (Å²) in [5, 5.41) is 7.47. The fourth-order valence-electron chi connectivity index (χ4n) is 2.84. The van der Waals surface area contributed by atoms with Gasteiger partial charge in [-0.1, -0.05) is 60.5 Å². The number of hydrogen-bond donors (Lipinski definition) is 1. The van der Waals surface area contributed by atoms with Crippen LogP contribution >= 0.6 is 34.5 Å². The summed E-state index contributed by atoms with van der Waals surface area (Å²) in [6.07, 6.45) is 2.57. The van der Waals surface area contributed by atoms with Crippen molar-refractivity contribution < 1.29 is 0 Å². The second-order valence-electron chi connectivity index (χ2n) is 5.82. The van der Waals surface area contributed by atoms with Crippen molar-refractivity contribution in [1.82, 2.24) is 9.97 Å². The van der Waals surface area contributed by atoms with E-state index in [4.69, 9.17) is 23.2 Å². The third kappa shape index (κ3) is 3.16. The van der Waals surface area contributed by atoms with Gasteiger partial charge in [0, 0.05) is 10.9 Å². The van der Waals surface area contributed by atoms with Crippen LogP contribution in [0, 0.1) is 0 Å². The molecule has 2 heterocycles. The lowest BCUT2D eigenvalue weighted by molar-refractivity contribution is 1.14. The van der Waals surface area contributed by atoms with Gasteiger partial charge in [-0.25, -0.2) is 9.97 Å². The molecule has 0 fully saturated rings. The number of thiophene rings is 1. The minimum absolute atomic E-state index is 0.549. The molecule has 26 heavy (non-hydrogen) atoms. The van der Waals surface area contributed by atoms with Gasteiger partial charge in [0.05, 0.1) is 21.1 Å². The van der Waals surface area contributed by atoms with Crippen molar-refractivity contribution in [3.05, 3.63) is 69.8 Å². The van der Waals surface area contributed by atoms with E-state index in [-0.39, 0.29) is 0 Å². The largest absolute Gasteiger partial charge is 0.337 e. The molecule has 0 saturated heterocycles. The number of aromatic nitrogens is 2. The summed E-state index contributed by atoms with van der Waals surface area (Å²) in [5.41, 5.74) is 4.19. The van der Waals surface area contributed by atoms with Crippen molar-refractivity contribution in [2.75, 3.05) is 5.32 Å². The Balaban J connectivity index is 1.84. The zero-order chi connectivity index (χ0) is 18.1. The highest BCUT2D eigenvalue weighted by Crippen LogP contribution is 2.39. The van der Waals surface area contributed by atoms with Crippen LogP contribution < -0.4 is 5.32 Å². The molecular weight excluding hydrogens is 385 g/mol. The van der Waals surface area contributed by atoms with Gasteiger partial charge in [-0.05, 0) is 29.7 Å². The summed E-state index contributed by atoms with van der Waals surface area (Å²) in [5.74, 6) is 0.695. The van der Waals surface area contributed by atoms with Gasteiger partial charge in [-0.15, -0.1) is 11.3 Å².